The van der Waals surface area contributed by atoms with Crippen molar-refractivity contribution in [2.75, 3.05) is 0 Å². The maximum Gasteiger partial charge on any atom is 0.133 e. The fourth-order valence-corrected chi connectivity index (χ4v) is 2.76. The summed E-state index contributed by atoms with van der Waals surface area (Å²) in [7, 11) is 0. The second kappa shape index (κ2) is 7.86. The number of hydrogen-bond donors (Lipinski definition) is 0. The monoisotopic (exact) mass is 223 g/mol. The molecule has 0 amide bonds. The molecule has 16 heavy (non-hydrogen) atoms. The first-order valence-electron chi connectivity index (χ1n) is 7.11. The summed E-state index contributed by atoms with van der Waals surface area (Å²) < 4.78 is 0. The van der Waals surface area contributed by atoms with E-state index in [1.165, 1.54) is 50.9 Å². The molecule has 0 aliphatic heterocycles. The third kappa shape index (κ3) is 5.14. The van der Waals surface area contributed by atoms with Gasteiger partial charge in [0.15, 0.2) is 0 Å². The van der Waals surface area contributed by atoms with E-state index in [4.69, 9.17) is 0 Å². The van der Waals surface area contributed by atoms with E-state index >= 15 is 0 Å². The summed E-state index contributed by atoms with van der Waals surface area (Å²) in [5.74, 6) is 2.67. The number of Topliss-reactive ketones (excluding diaryl/α,β-unsaturated/α-hetero) is 1. The Morgan fingerprint density at radius 1 is 1.19 bits per heavy atom. The predicted octanol–water partition coefficient (Wildman–Crippen LogP) is 4.70. The quantitative estimate of drug-likeness (QED) is 0.611. The second-order valence-electron chi connectivity index (χ2n) is 5.29. The lowest BCUT2D eigenvalue weighted by atomic mass is 9.83. The number of ketones is 1. The van der Waals surface area contributed by atoms with Crippen LogP contribution in [0.2, 0.25) is 0 Å². The number of hydrogen-bond acceptors (Lipinski definition) is 1. The average Bonchev–Trinajstić information content (AvgIpc) is 2.29. The Kier molecular flexibility index (Phi) is 6.75. The van der Waals surface area contributed by atoms with Gasteiger partial charge in [-0.1, -0.05) is 52.4 Å². The fraction of sp³-hybridized carbons (Fsp3) is 0.867. The number of rotatable bonds is 7. The van der Waals surface area contributed by atoms with Crippen molar-refractivity contribution in [2.24, 2.45) is 5.92 Å². The smallest absolute Gasteiger partial charge is 0.133 e. The molecule has 0 bridgehead atoms. The summed E-state index contributed by atoms with van der Waals surface area (Å²) >= 11 is 0. The molecule has 1 unspecified atom stereocenters. The van der Waals surface area contributed by atoms with Gasteiger partial charge in [-0.3, -0.25) is 4.79 Å². The molecule has 0 aromatic heterocycles. The molecule has 1 nitrogen and oxygen atoms in total. The van der Waals surface area contributed by atoms with Crippen molar-refractivity contribution in [1.29, 1.82) is 0 Å². The Bertz CT molecular complexity index is 183. The highest BCUT2D eigenvalue weighted by Crippen LogP contribution is 2.29. The molecule has 0 saturated heterocycles. The topological polar surface area (TPSA) is 17.1 Å². The Morgan fingerprint density at radius 2 is 1.88 bits per heavy atom. The molecule has 1 radical (unpaired) electrons. The summed E-state index contributed by atoms with van der Waals surface area (Å²) in [6, 6.07) is 0. The molecular weight excluding hydrogens is 196 g/mol. The Hall–Kier alpha value is -0.330. The van der Waals surface area contributed by atoms with Crippen molar-refractivity contribution in [3.63, 3.8) is 0 Å². The molecule has 1 fully saturated rings. The van der Waals surface area contributed by atoms with Crippen LogP contribution in [0.1, 0.15) is 78.1 Å². The molecule has 1 heteroatoms. The van der Waals surface area contributed by atoms with Crippen molar-refractivity contribution < 1.29 is 4.79 Å². The molecule has 0 aromatic rings. The average molecular weight is 223 g/mol. The minimum Gasteiger partial charge on any atom is -0.300 e. The van der Waals surface area contributed by atoms with E-state index in [0.29, 0.717) is 11.7 Å². The third-order valence-corrected chi connectivity index (χ3v) is 3.80. The van der Waals surface area contributed by atoms with Gasteiger partial charge in [-0.25, -0.2) is 0 Å². The van der Waals surface area contributed by atoms with E-state index in [9.17, 15) is 4.79 Å². The lowest BCUT2D eigenvalue weighted by Crippen LogP contribution is -2.13. The van der Waals surface area contributed by atoms with Crippen LogP contribution in [0.3, 0.4) is 0 Å². The van der Waals surface area contributed by atoms with Crippen LogP contribution in [-0.4, -0.2) is 5.78 Å². The molecule has 0 N–H and O–H groups in total. The van der Waals surface area contributed by atoms with Crippen LogP contribution in [0.4, 0.5) is 0 Å². The third-order valence-electron chi connectivity index (χ3n) is 3.80. The largest absolute Gasteiger partial charge is 0.300 e. The van der Waals surface area contributed by atoms with Gasteiger partial charge in [0.2, 0.25) is 0 Å². The molecule has 0 aromatic carbocycles. The maximum absolute atomic E-state index is 11.9. The Labute approximate surface area is 101 Å². The standard InChI is InChI=1S/C15H27O/c1-3-8-13(4-2)11-15(16)12-14-9-6-5-7-10-14/h13H,3-12H2,1-2H3. The lowest BCUT2D eigenvalue weighted by molar-refractivity contribution is -0.119. The predicted molar refractivity (Wildman–Crippen MR) is 69.3 cm³/mol. The Morgan fingerprint density at radius 3 is 2.44 bits per heavy atom. The van der Waals surface area contributed by atoms with E-state index < -0.39 is 0 Å². The Balaban J connectivity index is 2.22. The molecular formula is C15H27O. The van der Waals surface area contributed by atoms with Crippen molar-refractivity contribution in [1.82, 2.24) is 0 Å². The van der Waals surface area contributed by atoms with Gasteiger partial charge in [0, 0.05) is 12.8 Å². The van der Waals surface area contributed by atoms with Crippen LogP contribution in [0, 0.1) is 11.8 Å². The van der Waals surface area contributed by atoms with Crippen molar-refractivity contribution in [3.8, 4) is 0 Å². The van der Waals surface area contributed by atoms with Crippen LogP contribution >= 0.6 is 0 Å². The zero-order valence-corrected chi connectivity index (χ0v) is 11.1. The van der Waals surface area contributed by atoms with Gasteiger partial charge in [-0.05, 0) is 24.7 Å². The number of carbonyl (C=O) groups excluding carboxylic acids is 1. The molecule has 93 valence electrons. The summed E-state index contributed by atoms with van der Waals surface area (Å²) in [5.41, 5.74) is 0. The first-order valence-corrected chi connectivity index (χ1v) is 7.11. The minimum atomic E-state index is 0.497. The van der Waals surface area contributed by atoms with Crippen molar-refractivity contribution in [2.45, 2.75) is 78.1 Å². The van der Waals surface area contributed by atoms with E-state index in [-0.39, 0.29) is 0 Å². The molecule has 1 rings (SSSR count). The summed E-state index contributed by atoms with van der Waals surface area (Å²) in [6.45, 7) is 4.42. The molecule has 0 spiro atoms. The van der Waals surface area contributed by atoms with Crippen LogP contribution < -0.4 is 0 Å². The van der Waals surface area contributed by atoms with E-state index in [0.717, 1.165) is 19.3 Å². The van der Waals surface area contributed by atoms with Gasteiger partial charge in [0.25, 0.3) is 0 Å². The van der Waals surface area contributed by atoms with E-state index in [1.807, 2.05) is 0 Å². The van der Waals surface area contributed by atoms with Crippen LogP contribution in [-0.2, 0) is 4.79 Å². The van der Waals surface area contributed by atoms with Crippen LogP contribution in [0.25, 0.3) is 0 Å². The van der Waals surface area contributed by atoms with Gasteiger partial charge in [0.1, 0.15) is 5.78 Å². The van der Waals surface area contributed by atoms with Crippen LogP contribution in [0.15, 0.2) is 0 Å². The minimum absolute atomic E-state index is 0.497. The van der Waals surface area contributed by atoms with Gasteiger partial charge >= 0.3 is 0 Å². The summed E-state index contributed by atoms with van der Waals surface area (Å²) in [6.07, 6.45) is 11.6. The van der Waals surface area contributed by atoms with E-state index in [1.54, 1.807) is 0 Å². The van der Waals surface area contributed by atoms with Crippen molar-refractivity contribution in [3.05, 3.63) is 5.92 Å². The zero-order valence-electron chi connectivity index (χ0n) is 11.1. The first-order chi connectivity index (χ1) is 7.76. The second-order valence-corrected chi connectivity index (χ2v) is 5.29. The first kappa shape index (κ1) is 13.7. The molecule has 1 aliphatic rings. The molecule has 1 atom stereocenters. The highest BCUT2D eigenvalue weighted by Gasteiger charge is 2.19. The highest BCUT2D eigenvalue weighted by molar-refractivity contribution is 5.80. The van der Waals surface area contributed by atoms with Gasteiger partial charge in [-0.15, -0.1) is 0 Å². The summed E-state index contributed by atoms with van der Waals surface area (Å²) in [5, 5.41) is 0. The normalized spacial score (nSPS) is 19.6. The van der Waals surface area contributed by atoms with Gasteiger partial charge in [-0.2, -0.15) is 0 Å². The molecule has 1 saturated carbocycles. The molecule has 0 heterocycles. The fourth-order valence-electron chi connectivity index (χ4n) is 2.76. The van der Waals surface area contributed by atoms with Gasteiger partial charge in [0.05, 0.1) is 0 Å². The molecule has 1 aliphatic carbocycles. The van der Waals surface area contributed by atoms with E-state index in [2.05, 4.69) is 13.8 Å². The lowest BCUT2D eigenvalue weighted by Gasteiger charge is -2.21. The van der Waals surface area contributed by atoms with Crippen LogP contribution in [0.5, 0.6) is 0 Å². The highest BCUT2D eigenvalue weighted by atomic mass is 16.1. The number of carbonyl (C=O) groups is 1. The van der Waals surface area contributed by atoms with Crippen molar-refractivity contribution >= 4 is 5.78 Å². The zero-order chi connectivity index (χ0) is 11.8. The SMILES string of the molecule is CCCC(CC)CC(=O)C[C]1CCCCC1. The summed E-state index contributed by atoms with van der Waals surface area (Å²) in [4.78, 5) is 11.9. The van der Waals surface area contributed by atoms with Gasteiger partial charge < -0.3 is 0 Å². The maximum atomic E-state index is 11.9.